The Kier molecular flexibility index (Phi) is 15.8. The monoisotopic (exact) mass is 316 g/mol. The summed E-state index contributed by atoms with van der Waals surface area (Å²) in [5.41, 5.74) is 0. The zero-order chi connectivity index (χ0) is 16.5. The molecule has 0 radical (unpaired) electrons. The summed E-state index contributed by atoms with van der Waals surface area (Å²) in [6.45, 7) is 10.9. The van der Waals surface area contributed by atoms with Gasteiger partial charge in [0, 0.05) is 6.42 Å². The van der Waals surface area contributed by atoms with Crippen LogP contribution in [0.15, 0.2) is 11.7 Å². The molecule has 22 heavy (non-hydrogen) atoms. The summed E-state index contributed by atoms with van der Waals surface area (Å²) in [7, 11) is 0. The van der Waals surface area contributed by atoms with Gasteiger partial charge in [-0.15, -0.1) is 0 Å². The SMILES string of the molecule is CCCCOCOC(OCCCC)=C(CCC)OCCCC. The van der Waals surface area contributed by atoms with Gasteiger partial charge in [0.05, 0.1) is 19.8 Å². The first-order chi connectivity index (χ1) is 10.8. The fourth-order valence-electron chi connectivity index (χ4n) is 1.71. The summed E-state index contributed by atoms with van der Waals surface area (Å²) in [5, 5.41) is 0. The second kappa shape index (κ2) is 16.5. The van der Waals surface area contributed by atoms with Crippen LogP contribution < -0.4 is 0 Å². The van der Waals surface area contributed by atoms with Crippen molar-refractivity contribution in [3.63, 3.8) is 0 Å². The van der Waals surface area contributed by atoms with Gasteiger partial charge in [-0.05, 0) is 25.7 Å². The molecule has 0 amide bonds. The van der Waals surface area contributed by atoms with Crippen molar-refractivity contribution in [1.82, 2.24) is 0 Å². The van der Waals surface area contributed by atoms with Gasteiger partial charge in [0.25, 0.3) is 0 Å². The van der Waals surface area contributed by atoms with E-state index in [0.717, 1.165) is 63.7 Å². The molecule has 0 aliphatic rings. The lowest BCUT2D eigenvalue weighted by Gasteiger charge is -2.17. The third-order valence-electron chi connectivity index (χ3n) is 3.13. The van der Waals surface area contributed by atoms with Crippen LogP contribution in [-0.4, -0.2) is 26.6 Å². The summed E-state index contributed by atoms with van der Waals surface area (Å²) < 4.78 is 22.8. The van der Waals surface area contributed by atoms with E-state index in [2.05, 4.69) is 27.7 Å². The molecule has 0 atom stereocenters. The smallest absolute Gasteiger partial charge is 0.321 e. The Balaban J connectivity index is 4.51. The maximum atomic E-state index is 5.87. The van der Waals surface area contributed by atoms with E-state index in [9.17, 15) is 0 Å². The molecule has 0 rings (SSSR count). The molecular formula is C18H36O4. The van der Waals surface area contributed by atoms with Crippen molar-refractivity contribution in [2.75, 3.05) is 26.6 Å². The number of hydrogen-bond acceptors (Lipinski definition) is 4. The van der Waals surface area contributed by atoms with Crippen molar-refractivity contribution in [3.8, 4) is 0 Å². The Hall–Kier alpha value is -0.900. The summed E-state index contributed by atoms with van der Waals surface area (Å²) in [6.07, 6.45) is 8.28. The third-order valence-corrected chi connectivity index (χ3v) is 3.13. The van der Waals surface area contributed by atoms with Crippen molar-refractivity contribution in [2.24, 2.45) is 0 Å². The molecular weight excluding hydrogens is 280 g/mol. The molecule has 4 nitrogen and oxygen atoms in total. The maximum absolute atomic E-state index is 5.87. The topological polar surface area (TPSA) is 36.9 Å². The normalized spacial score (nSPS) is 12.0. The minimum absolute atomic E-state index is 0.228. The molecule has 0 saturated carbocycles. The second-order valence-corrected chi connectivity index (χ2v) is 5.39. The summed E-state index contributed by atoms with van der Waals surface area (Å²) >= 11 is 0. The van der Waals surface area contributed by atoms with Gasteiger partial charge in [-0.25, -0.2) is 0 Å². The van der Waals surface area contributed by atoms with Crippen molar-refractivity contribution in [3.05, 3.63) is 11.7 Å². The highest BCUT2D eigenvalue weighted by atomic mass is 16.7. The van der Waals surface area contributed by atoms with Crippen LogP contribution in [0.4, 0.5) is 0 Å². The Morgan fingerprint density at radius 3 is 1.82 bits per heavy atom. The van der Waals surface area contributed by atoms with E-state index in [1.807, 2.05) is 0 Å². The lowest BCUT2D eigenvalue weighted by Crippen LogP contribution is -2.10. The average Bonchev–Trinajstić information content (AvgIpc) is 2.52. The van der Waals surface area contributed by atoms with Gasteiger partial charge in [0.2, 0.25) is 0 Å². The van der Waals surface area contributed by atoms with Crippen LogP contribution in [0.3, 0.4) is 0 Å². The highest BCUT2D eigenvalue weighted by Crippen LogP contribution is 2.17. The summed E-state index contributed by atoms with van der Waals surface area (Å²) in [4.78, 5) is 0. The first kappa shape index (κ1) is 21.1. The minimum Gasteiger partial charge on any atom is -0.491 e. The van der Waals surface area contributed by atoms with Gasteiger partial charge >= 0.3 is 5.95 Å². The molecule has 0 spiro atoms. The van der Waals surface area contributed by atoms with E-state index >= 15 is 0 Å². The zero-order valence-electron chi connectivity index (χ0n) is 15.1. The average molecular weight is 316 g/mol. The van der Waals surface area contributed by atoms with Gasteiger partial charge in [-0.1, -0.05) is 47.0 Å². The van der Waals surface area contributed by atoms with Crippen LogP contribution in [0.2, 0.25) is 0 Å². The second-order valence-electron chi connectivity index (χ2n) is 5.39. The molecule has 0 aromatic heterocycles. The molecule has 0 aromatic carbocycles. The van der Waals surface area contributed by atoms with Crippen LogP contribution in [0.1, 0.15) is 79.1 Å². The number of allylic oxidation sites excluding steroid dienone is 1. The molecule has 0 unspecified atom stereocenters. The van der Waals surface area contributed by atoms with E-state index in [4.69, 9.17) is 18.9 Å². The molecule has 0 N–H and O–H groups in total. The Bertz CT molecular complexity index is 264. The fraction of sp³-hybridized carbons (Fsp3) is 0.889. The van der Waals surface area contributed by atoms with Crippen LogP contribution >= 0.6 is 0 Å². The Morgan fingerprint density at radius 2 is 1.23 bits per heavy atom. The predicted octanol–water partition coefficient (Wildman–Crippen LogP) is 5.38. The van der Waals surface area contributed by atoms with Crippen molar-refractivity contribution >= 4 is 0 Å². The zero-order valence-corrected chi connectivity index (χ0v) is 15.1. The van der Waals surface area contributed by atoms with Gasteiger partial charge in [0.1, 0.15) is 0 Å². The molecule has 0 aliphatic carbocycles. The maximum Gasteiger partial charge on any atom is 0.321 e. The molecule has 0 aromatic rings. The number of unbranched alkanes of at least 4 members (excludes halogenated alkanes) is 3. The van der Waals surface area contributed by atoms with Gasteiger partial charge in [-0.2, -0.15) is 0 Å². The van der Waals surface area contributed by atoms with E-state index in [1.165, 1.54) is 0 Å². The largest absolute Gasteiger partial charge is 0.491 e. The van der Waals surface area contributed by atoms with Crippen LogP contribution in [0, 0.1) is 0 Å². The predicted molar refractivity (Wildman–Crippen MR) is 90.5 cm³/mol. The lowest BCUT2D eigenvalue weighted by molar-refractivity contribution is -0.0842. The molecule has 4 heteroatoms. The lowest BCUT2D eigenvalue weighted by atomic mass is 10.3. The van der Waals surface area contributed by atoms with Crippen LogP contribution in [0.25, 0.3) is 0 Å². The van der Waals surface area contributed by atoms with Crippen molar-refractivity contribution in [1.29, 1.82) is 0 Å². The molecule has 132 valence electrons. The number of rotatable bonds is 16. The highest BCUT2D eigenvalue weighted by Gasteiger charge is 2.12. The molecule has 0 bridgehead atoms. The van der Waals surface area contributed by atoms with Crippen molar-refractivity contribution in [2.45, 2.75) is 79.1 Å². The highest BCUT2D eigenvalue weighted by molar-refractivity contribution is 4.95. The standard InChI is InChI=1S/C18H36O4/c1-5-9-13-19-16-22-18(21-15-11-7-3)17(12-8-4)20-14-10-6-2/h5-16H2,1-4H3. The first-order valence-electron chi connectivity index (χ1n) is 8.99. The van der Waals surface area contributed by atoms with E-state index in [1.54, 1.807) is 0 Å². The van der Waals surface area contributed by atoms with E-state index in [-0.39, 0.29) is 6.79 Å². The summed E-state index contributed by atoms with van der Waals surface area (Å²) in [5.74, 6) is 1.34. The quantitative estimate of drug-likeness (QED) is 0.218. The van der Waals surface area contributed by atoms with Gasteiger partial charge < -0.3 is 18.9 Å². The Labute approximate surface area is 137 Å². The van der Waals surface area contributed by atoms with E-state index in [0.29, 0.717) is 19.2 Å². The van der Waals surface area contributed by atoms with Gasteiger partial charge in [-0.3, -0.25) is 0 Å². The fourth-order valence-corrected chi connectivity index (χ4v) is 1.71. The molecule has 0 heterocycles. The molecule has 0 saturated heterocycles. The van der Waals surface area contributed by atoms with E-state index < -0.39 is 0 Å². The van der Waals surface area contributed by atoms with Crippen LogP contribution in [-0.2, 0) is 18.9 Å². The first-order valence-corrected chi connectivity index (χ1v) is 8.99. The third kappa shape index (κ3) is 11.7. The molecule has 0 fully saturated rings. The molecule has 0 aliphatic heterocycles. The van der Waals surface area contributed by atoms with Crippen molar-refractivity contribution < 1.29 is 18.9 Å². The minimum atomic E-state index is 0.228. The van der Waals surface area contributed by atoms with Gasteiger partial charge in [0.15, 0.2) is 12.6 Å². The van der Waals surface area contributed by atoms with Crippen LogP contribution in [0.5, 0.6) is 0 Å². The number of ether oxygens (including phenoxy) is 4. The Morgan fingerprint density at radius 1 is 0.636 bits per heavy atom. The number of hydrogen-bond donors (Lipinski definition) is 0. The summed E-state index contributed by atoms with van der Waals surface area (Å²) in [6, 6.07) is 0.